The van der Waals surface area contributed by atoms with Crippen molar-refractivity contribution < 1.29 is 0 Å². The van der Waals surface area contributed by atoms with Gasteiger partial charge >= 0.3 is 0 Å². The number of thiophene rings is 1. The lowest BCUT2D eigenvalue weighted by Crippen LogP contribution is -1.91. The number of alkyl halides is 1. The molecule has 0 amide bonds. The molecule has 0 fully saturated rings. The van der Waals surface area contributed by atoms with Gasteiger partial charge in [-0.2, -0.15) is 0 Å². The van der Waals surface area contributed by atoms with Crippen molar-refractivity contribution >= 4 is 37.4 Å². The predicted octanol–water partition coefficient (Wildman–Crippen LogP) is 5.69. The smallest absolute Gasteiger partial charge is 0.0658 e. The minimum Gasteiger partial charge on any atom is -0.143 e. The van der Waals surface area contributed by atoms with Crippen molar-refractivity contribution in [3.05, 3.63) is 70.6 Å². The van der Waals surface area contributed by atoms with Crippen LogP contribution in [0.15, 0.2) is 53.9 Å². The molecule has 2 aromatic carbocycles. The first-order valence-corrected chi connectivity index (χ1v) is 7.72. The van der Waals surface area contributed by atoms with E-state index in [1.54, 1.807) is 0 Å². The van der Waals surface area contributed by atoms with Crippen molar-refractivity contribution in [1.29, 1.82) is 0 Å². The normalized spacial score (nSPS) is 12.8. The highest BCUT2D eigenvalue weighted by molar-refractivity contribution is 9.09. The molecule has 1 atom stereocenters. The Bertz CT molecular complexity index is 667. The Balaban J connectivity index is 2.06. The zero-order chi connectivity index (χ0) is 12.5. The lowest BCUT2D eigenvalue weighted by Gasteiger charge is -2.10. The van der Waals surface area contributed by atoms with E-state index in [0.29, 0.717) is 0 Å². The molecule has 0 aliphatic rings. The molecule has 1 heterocycles. The third-order valence-corrected chi connectivity index (χ3v) is 5.16. The molecule has 0 saturated carbocycles. The van der Waals surface area contributed by atoms with Gasteiger partial charge in [0.2, 0.25) is 0 Å². The van der Waals surface area contributed by atoms with Crippen molar-refractivity contribution in [1.82, 2.24) is 0 Å². The van der Waals surface area contributed by atoms with Crippen LogP contribution in [0.4, 0.5) is 0 Å². The van der Waals surface area contributed by atoms with Crippen LogP contribution in [0.5, 0.6) is 0 Å². The summed E-state index contributed by atoms with van der Waals surface area (Å²) in [6.45, 7) is 2.12. The van der Waals surface area contributed by atoms with Gasteiger partial charge < -0.3 is 0 Å². The summed E-state index contributed by atoms with van der Waals surface area (Å²) in [5.74, 6) is 0. The maximum atomic E-state index is 3.83. The molecule has 2 heteroatoms. The van der Waals surface area contributed by atoms with Crippen LogP contribution in [0.1, 0.15) is 21.5 Å². The van der Waals surface area contributed by atoms with Crippen molar-refractivity contribution in [3.8, 4) is 0 Å². The van der Waals surface area contributed by atoms with Crippen molar-refractivity contribution in [2.24, 2.45) is 0 Å². The fourth-order valence-corrected chi connectivity index (χ4v) is 3.96. The van der Waals surface area contributed by atoms with E-state index in [2.05, 4.69) is 76.8 Å². The van der Waals surface area contributed by atoms with Gasteiger partial charge in [0.25, 0.3) is 0 Å². The Morgan fingerprint density at radius 2 is 1.72 bits per heavy atom. The first-order valence-electron chi connectivity index (χ1n) is 5.92. The molecule has 1 aromatic heterocycles. The Labute approximate surface area is 119 Å². The third kappa shape index (κ3) is 2.11. The zero-order valence-corrected chi connectivity index (χ0v) is 12.5. The molecule has 0 aliphatic heterocycles. The second-order valence-corrected chi connectivity index (χ2v) is 6.29. The Morgan fingerprint density at radius 1 is 1.00 bits per heavy atom. The monoisotopic (exact) mass is 316 g/mol. The highest BCUT2D eigenvalue weighted by Gasteiger charge is 2.14. The predicted molar refractivity (Wildman–Crippen MR) is 83.8 cm³/mol. The molecule has 90 valence electrons. The summed E-state index contributed by atoms with van der Waals surface area (Å²) >= 11 is 5.64. The van der Waals surface area contributed by atoms with E-state index in [0.717, 1.165) is 0 Å². The quantitative estimate of drug-likeness (QED) is 0.532. The number of hydrogen-bond donors (Lipinski definition) is 0. The van der Waals surface area contributed by atoms with Crippen LogP contribution in [0.3, 0.4) is 0 Å². The molecule has 0 radical (unpaired) electrons. The first kappa shape index (κ1) is 11.9. The van der Waals surface area contributed by atoms with Crippen LogP contribution < -0.4 is 0 Å². The number of hydrogen-bond acceptors (Lipinski definition) is 1. The van der Waals surface area contributed by atoms with E-state index in [1.807, 2.05) is 11.3 Å². The Kier molecular flexibility index (Phi) is 3.23. The Hall–Kier alpha value is -1.12. The van der Waals surface area contributed by atoms with Gasteiger partial charge in [-0.1, -0.05) is 64.0 Å². The van der Waals surface area contributed by atoms with Crippen LogP contribution in [-0.2, 0) is 0 Å². The van der Waals surface area contributed by atoms with Crippen molar-refractivity contribution in [2.75, 3.05) is 0 Å². The number of aryl methyl sites for hydroxylation is 1. The van der Waals surface area contributed by atoms with Crippen LogP contribution >= 0.6 is 27.3 Å². The summed E-state index contributed by atoms with van der Waals surface area (Å²) in [6.07, 6.45) is 0. The second-order valence-electron chi connectivity index (χ2n) is 4.46. The molecular weight excluding hydrogens is 304 g/mol. The van der Waals surface area contributed by atoms with Crippen LogP contribution in [0.2, 0.25) is 0 Å². The summed E-state index contributed by atoms with van der Waals surface area (Å²) in [7, 11) is 0. The number of rotatable bonds is 2. The van der Waals surface area contributed by atoms with Crippen LogP contribution in [0.25, 0.3) is 10.1 Å². The van der Waals surface area contributed by atoms with Gasteiger partial charge in [0.15, 0.2) is 0 Å². The summed E-state index contributed by atoms with van der Waals surface area (Å²) in [5.41, 5.74) is 3.97. The molecule has 0 nitrogen and oxygen atoms in total. The van der Waals surface area contributed by atoms with E-state index in [4.69, 9.17) is 0 Å². The molecule has 1 unspecified atom stereocenters. The van der Waals surface area contributed by atoms with Gasteiger partial charge in [-0.3, -0.25) is 0 Å². The largest absolute Gasteiger partial charge is 0.143 e. The minimum atomic E-state index is 0.272. The lowest BCUT2D eigenvalue weighted by molar-refractivity contribution is 1.20. The Morgan fingerprint density at radius 3 is 2.50 bits per heavy atom. The molecule has 0 saturated heterocycles. The molecule has 0 aliphatic carbocycles. The second kappa shape index (κ2) is 4.87. The minimum absolute atomic E-state index is 0.272. The van der Waals surface area contributed by atoms with Gasteiger partial charge in [-0.15, -0.1) is 11.3 Å². The topological polar surface area (TPSA) is 0 Å². The van der Waals surface area contributed by atoms with E-state index in [1.165, 1.54) is 26.8 Å². The van der Waals surface area contributed by atoms with Gasteiger partial charge in [0.05, 0.1) is 4.83 Å². The highest BCUT2D eigenvalue weighted by Crippen LogP contribution is 2.38. The van der Waals surface area contributed by atoms with Gasteiger partial charge in [-0.25, -0.2) is 0 Å². The standard InChI is InChI=1S/C16H13BrS/c1-11-6-8-12(9-7-11)16(17)14-10-18-15-5-3-2-4-13(14)15/h2-10,16H,1H3. The van der Waals surface area contributed by atoms with E-state index >= 15 is 0 Å². The summed E-state index contributed by atoms with van der Waals surface area (Å²) < 4.78 is 1.35. The summed E-state index contributed by atoms with van der Waals surface area (Å²) in [4.78, 5) is 0.272. The van der Waals surface area contributed by atoms with Gasteiger partial charge in [0, 0.05) is 4.70 Å². The van der Waals surface area contributed by atoms with E-state index < -0.39 is 0 Å². The molecule has 0 N–H and O–H groups in total. The fourth-order valence-electron chi connectivity index (χ4n) is 2.11. The molecule has 0 bridgehead atoms. The zero-order valence-electron chi connectivity index (χ0n) is 10.1. The SMILES string of the molecule is Cc1ccc(C(Br)c2csc3ccccc23)cc1. The summed E-state index contributed by atoms with van der Waals surface area (Å²) in [5, 5.41) is 3.61. The maximum Gasteiger partial charge on any atom is 0.0658 e. The lowest BCUT2D eigenvalue weighted by atomic mass is 10.0. The first-order chi connectivity index (χ1) is 8.75. The molecular formula is C16H13BrS. The van der Waals surface area contributed by atoms with Gasteiger partial charge in [-0.05, 0) is 34.9 Å². The van der Waals surface area contributed by atoms with Crippen LogP contribution in [-0.4, -0.2) is 0 Å². The average Bonchev–Trinajstić information content (AvgIpc) is 2.82. The highest BCUT2D eigenvalue weighted by atomic mass is 79.9. The average molecular weight is 317 g/mol. The van der Waals surface area contributed by atoms with E-state index in [9.17, 15) is 0 Å². The summed E-state index contributed by atoms with van der Waals surface area (Å²) in [6, 6.07) is 17.3. The van der Waals surface area contributed by atoms with Crippen LogP contribution in [0, 0.1) is 6.92 Å². The third-order valence-electron chi connectivity index (χ3n) is 3.15. The van der Waals surface area contributed by atoms with Gasteiger partial charge in [0.1, 0.15) is 0 Å². The molecule has 18 heavy (non-hydrogen) atoms. The molecule has 3 rings (SSSR count). The van der Waals surface area contributed by atoms with Crippen molar-refractivity contribution in [3.63, 3.8) is 0 Å². The number of halogens is 1. The van der Waals surface area contributed by atoms with E-state index in [-0.39, 0.29) is 4.83 Å². The fraction of sp³-hybridized carbons (Fsp3) is 0.125. The number of benzene rings is 2. The molecule has 0 spiro atoms. The molecule has 3 aromatic rings. The number of fused-ring (bicyclic) bond motifs is 1. The maximum absolute atomic E-state index is 3.83. The van der Waals surface area contributed by atoms with Crippen molar-refractivity contribution in [2.45, 2.75) is 11.8 Å².